The van der Waals surface area contributed by atoms with Crippen molar-refractivity contribution in [1.82, 2.24) is 4.57 Å². The molecule has 2 aliphatic heterocycles. The lowest BCUT2D eigenvalue weighted by Crippen LogP contribution is -2.30. The first-order valence-corrected chi connectivity index (χ1v) is 11.5. The number of nitrogens with zero attached hydrogens (tertiary/aromatic N) is 2. The van der Waals surface area contributed by atoms with E-state index in [-0.39, 0.29) is 11.9 Å². The van der Waals surface area contributed by atoms with Crippen molar-refractivity contribution in [2.24, 2.45) is 0 Å². The second-order valence-corrected chi connectivity index (χ2v) is 9.31. The van der Waals surface area contributed by atoms with E-state index in [1.165, 1.54) is 17.6 Å². The molecule has 0 bridgehead atoms. The van der Waals surface area contributed by atoms with Gasteiger partial charge in [0.15, 0.2) is 0 Å². The number of hydrogen-bond acceptors (Lipinski definition) is 5. The van der Waals surface area contributed by atoms with Gasteiger partial charge in [-0.25, -0.2) is 4.79 Å². The molecule has 148 valence electrons. The van der Waals surface area contributed by atoms with Crippen LogP contribution >= 0.6 is 23.1 Å². The number of esters is 1. The van der Waals surface area contributed by atoms with Gasteiger partial charge in [-0.3, -0.25) is 4.79 Å². The Morgan fingerprint density at radius 3 is 2.76 bits per heavy atom. The highest BCUT2D eigenvalue weighted by molar-refractivity contribution is 7.98. The zero-order valence-electron chi connectivity index (χ0n) is 16.0. The number of carbonyl (C=O) groups is 2. The summed E-state index contributed by atoms with van der Waals surface area (Å²) < 4.78 is 6.88. The molecule has 7 heteroatoms. The molecule has 0 aliphatic carbocycles. The Bertz CT molecular complexity index is 1100. The summed E-state index contributed by atoms with van der Waals surface area (Å²) in [5.41, 5.74) is 4.49. The number of amides is 1. The van der Waals surface area contributed by atoms with Crippen LogP contribution in [0.2, 0.25) is 0 Å². The maximum absolute atomic E-state index is 13.8. The van der Waals surface area contributed by atoms with Crippen LogP contribution in [0.3, 0.4) is 0 Å². The topological polar surface area (TPSA) is 51.5 Å². The molecule has 2 aliphatic rings. The standard InChI is InChI=1S/C22H20N2O3S2/c1-27-22(26)15-4-5-17-14(12-15)6-10-24(17)20(25)19-16-7-11-28-13-18(16)29-21(19)23-8-2-3-9-23/h2-5,8-9,12H,6-7,10-11,13H2,1H3. The van der Waals surface area contributed by atoms with E-state index in [2.05, 4.69) is 4.57 Å². The summed E-state index contributed by atoms with van der Waals surface area (Å²) in [4.78, 5) is 28.8. The third-order valence-corrected chi connectivity index (χ3v) is 7.91. The summed E-state index contributed by atoms with van der Waals surface area (Å²) in [6.45, 7) is 0.628. The van der Waals surface area contributed by atoms with Gasteiger partial charge in [0.1, 0.15) is 5.00 Å². The lowest BCUT2D eigenvalue weighted by atomic mass is 10.1. The molecule has 29 heavy (non-hydrogen) atoms. The van der Waals surface area contributed by atoms with E-state index in [4.69, 9.17) is 4.74 Å². The molecule has 1 amide bonds. The van der Waals surface area contributed by atoms with Crippen molar-refractivity contribution in [3.05, 3.63) is 69.9 Å². The summed E-state index contributed by atoms with van der Waals surface area (Å²) in [5.74, 6) is 1.73. The molecule has 0 spiro atoms. The SMILES string of the molecule is COC(=O)c1ccc2c(c1)CCN2C(=O)c1c(-n2cccc2)sc2c1CCSC2. The predicted octanol–water partition coefficient (Wildman–Crippen LogP) is 4.32. The Labute approximate surface area is 177 Å². The molecular formula is C22H20N2O3S2. The van der Waals surface area contributed by atoms with Crippen LogP contribution in [-0.4, -0.2) is 35.9 Å². The Balaban J connectivity index is 1.56. The minimum absolute atomic E-state index is 0.0580. The summed E-state index contributed by atoms with van der Waals surface area (Å²) in [6, 6.07) is 9.43. The normalized spacial score (nSPS) is 15.1. The van der Waals surface area contributed by atoms with Gasteiger partial charge in [0, 0.05) is 35.3 Å². The van der Waals surface area contributed by atoms with Crippen molar-refractivity contribution >= 4 is 40.7 Å². The number of anilines is 1. The summed E-state index contributed by atoms with van der Waals surface area (Å²) in [7, 11) is 1.38. The molecule has 4 heterocycles. The van der Waals surface area contributed by atoms with Crippen LogP contribution in [-0.2, 0) is 23.3 Å². The first-order chi connectivity index (χ1) is 14.2. The second kappa shape index (κ2) is 7.39. The van der Waals surface area contributed by atoms with Crippen molar-refractivity contribution in [1.29, 1.82) is 0 Å². The Morgan fingerprint density at radius 1 is 1.14 bits per heavy atom. The molecule has 0 saturated heterocycles. The molecule has 0 atom stereocenters. The molecule has 3 aromatic rings. The molecule has 0 fully saturated rings. The van der Waals surface area contributed by atoms with Gasteiger partial charge in [-0.1, -0.05) is 0 Å². The third kappa shape index (κ3) is 3.09. The monoisotopic (exact) mass is 424 g/mol. The van der Waals surface area contributed by atoms with Crippen LogP contribution < -0.4 is 4.90 Å². The number of thiophene rings is 1. The van der Waals surface area contributed by atoms with Crippen LogP contribution in [0.15, 0.2) is 42.7 Å². The summed E-state index contributed by atoms with van der Waals surface area (Å²) in [6.07, 6.45) is 5.68. The number of fused-ring (bicyclic) bond motifs is 2. The first kappa shape index (κ1) is 18.5. The number of rotatable bonds is 3. The third-order valence-electron chi connectivity index (χ3n) is 5.50. The Kier molecular flexibility index (Phi) is 4.72. The van der Waals surface area contributed by atoms with E-state index in [1.54, 1.807) is 17.4 Å². The van der Waals surface area contributed by atoms with Crippen LogP contribution in [0.4, 0.5) is 5.69 Å². The average molecular weight is 425 g/mol. The molecule has 1 aromatic carbocycles. The van der Waals surface area contributed by atoms with E-state index < -0.39 is 0 Å². The van der Waals surface area contributed by atoms with E-state index in [0.717, 1.165) is 46.2 Å². The number of hydrogen-bond donors (Lipinski definition) is 0. The maximum atomic E-state index is 13.8. The Hall–Kier alpha value is -2.51. The molecule has 5 nitrogen and oxygen atoms in total. The first-order valence-electron chi connectivity index (χ1n) is 9.56. The molecule has 0 N–H and O–H groups in total. The van der Waals surface area contributed by atoms with Crippen molar-refractivity contribution in [3.63, 3.8) is 0 Å². The minimum atomic E-state index is -0.350. The summed E-state index contributed by atoms with van der Waals surface area (Å²) in [5, 5.41) is 1.01. The fraction of sp³-hybridized carbons (Fsp3) is 0.273. The number of thioether (sulfide) groups is 1. The number of aromatic nitrogens is 1. The van der Waals surface area contributed by atoms with E-state index >= 15 is 0 Å². The zero-order chi connectivity index (χ0) is 20.0. The van der Waals surface area contributed by atoms with Gasteiger partial charge < -0.3 is 14.2 Å². The maximum Gasteiger partial charge on any atom is 0.337 e. The van der Waals surface area contributed by atoms with Crippen molar-refractivity contribution < 1.29 is 14.3 Å². The van der Waals surface area contributed by atoms with E-state index in [1.807, 2.05) is 53.3 Å². The van der Waals surface area contributed by atoms with Gasteiger partial charge in [0.05, 0.1) is 18.2 Å². The second-order valence-electron chi connectivity index (χ2n) is 7.12. The van der Waals surface area contributed by atoms with Gasteiger partial charge in [0.25, 0.3) is 5.91 Å². The molecule has 5 rings (SSSR count). The van der Waals surface area contributed by atoms with Crippen LogP contribution in [0.5, 0.6) is 0 Å². The smallest absolute Gasteiger partial charge is 0.337 e. The Morgan fingerprint density at radius 2 is 1.97 bits per heavy atom. The predicted molar refractivity (Wildman–Crippen MR) is 117 cm³/mol. The van der Waals surface area contributed by atoms with Crippen LogP contribution in [0.25, 0.3) is 5.00 Å². The van der Waals surface area contributed by atoms with Gasteiger partial charge in [0.2, 0.25) is 0 Å². The van der Waals surface area contributed by atoms with Gasteiger partial charge in [-0.15, -0.1) is 11.3 Å². The van der Waals surface area contributed by atoms with Crippen LogP contribution in [0.1, 0.15) is 36.7 Å². The fourth-order valence-electron chi connectivity index (χ4n) is 4.08. The minimum Gasteiger partial charge on any atom is -0.465 e. The number of methoxy groups -OCH3 is 1. The highest BCUT2D eigenvalue weighted by Crippen LogP contribution is 2.40. The zero-order valence-corrected chi connectivity index (χ0v) is 17.6. The van der Waals surface area contributed by atoms with E-state index in [9.17, 15) is 9.59 Å². The molecule has 0 saturated carbocycles. The number of ether oxygens (including phenoxy) is 1. The quantitative estimate of drug-likeness (QED) is 0.588. The van der Waals surface area contributed by atoms with Gasteiger partial charge in [-0.05, 0) is 60.1 Å². The number of benzene rings is 1. The molecule has 0 unspecified atom stereocenters. The fourth-order valence-corrected chi connectivity index (χ4v) is 6.52. The highest BCUT2D eigenvalue weighted by atomic mass is 32.2. The largest absolute Gasteiger partial charge is 0.465 e. The number of carbonyl (C=O) groups excluding carboxylic acids is 2. The van der Waals surface area contributed by atoms with Gasteiger partial charge in [-0.2, -0.15) is 11.8 Å². The van der Waals surface area contributed by atoms with Crippen molar-refractivity contribution in [2.75, 3.05) is 24.3 Å². The molecule has 0 radical (unpaired) electrons. The van der Waals surface area contributed by atoms with Crippen molar-refractivity contribution in [2.45, 2.75) is 18.6 Å². The van der Waals surface area contributed by atoms with Crippen molar-refractivity contribution in [3.8, 4) is 5.00 Å². The average Bonchev–Trinajstić information content (AvgIpc) is 3.49. The van der Waals surface area contributed by atoms with E-state index in [0.29, 0.717) is 12.1 Å². The highest BCUT2D eigenvalue weighted by Gasteiger charge is 2.33. The van der Waals surface area contributed by atoms with Crippen LogP contribution in [0, 0.1) is 0 Å². The molecular weight excluding hydrogens is 404 g/mol. The lowest BCUT2D eigenvalue weighted by molar-refractivity contribution is 0.0600. The summed E-state index contributed by atoms with van der Waals surface area (Å²) >= 11 is 3.66. The molecule has 2 aromatic heterocycles. The lowest BCUT2D eigenvalue weighted by Gasteiger charge is -2.20. The van der Waals surface area contributed by atoms with Gasteiger partial charge >= 0.3 is 5.97 Å².